The van der Waals surface area contributed by atoms with Gasteiger partial charge < -0.3 is 30.3 Å². The van der Waals surface area contributed by atoms with Gasteiger partial charge >= 0.3 is 24.1 Å². The van der Waals surface area contributed by atoms with E-state index in [1.54, 1.807) is 45.0 Å². The summed E-state index contributed by atoms with van der Waals surface area (Å²) < 4.78 is 10.0. The number of carbonyl (C=O) groups excluding carboxylic acids is 2. The van der Waals surface area contributed by atoms with Gasteiger partial charge in [-0.15, -0.1) is 0 Å². The van der Waals surface area contributed by atoms with Crippen LogP contribution in [-0.2, 0) is 25.7 Å². The van der Waals surface area contributed by atoms with E-state index in [0.29, 0.717) is 0 Å². The summed E-state index contributed by atoms with van der Waals surface area (Å²) in [5, 5.41) is 23.0. The first-order chi connectivity index (χ1) is 14.0. The molecule has 0 fully saturated rings. The fourth-order valence-electron chi connectivity index (χ4n) is 2.40. The molecule has 0 saturated heterocycles. The minimum absolute atomic E-state index is 0.0140. The molecular weight excluding hydrogens is 396 g/mol. The molecule has 166 valence electrons. The predicted octanol–water partition coefficient (Wildman–Crippen LogP) is 2.51. The van der Waals surface area contributed by atoms with E-state index in [0.717, 1.165) is 5.56 Å². The second-order valence-corrected chi connectivity index (χ2v) is 7.56. The van der Waals surface area contributed by atoms with E-state index >= 15 is 0 Å². The molecule has 0 aliphatic carbocycles. The SMILES string of the molecule is CC(C)(C)OC(=O)N[C@H](CCC[C@H](NC(=O)OCc1ccccc1)C(=O)O)C(=O)O. The van der Waals surface area contributed by atoms with Crippen molar-refractivity contribution in [2.45, 2.75) is 64.3 Å². The highest BCUT2D eigenvalue weighted by Crippen LogP contribution is 2.10. The number of carbonyl (C=O) groups is 4. The standard InChI is InChI=1S/C20H28N2O8/c1-20(2,3)30-19(28)22-15(17(25)26)11-7-10-14(16(23)24)21-18(27)29-12-13-8-5-4-6-9-13/h4-6,8-9,14-15H,7,10-12H2,1-3H3,(H,21,27)(H,22,28)(H,23,24)(H,25,26)/t14-,15+/m0/s1. The van der Waals surface area contributed by atoms with Gasteiger partial charge in [-0.3, -0.25) is 0 Å². The number of amides is 2. The van der Waals surface area contributed by atoms with Gasteiger partial charge in [-0.05, 0) is 45.6 Å². The van der Waals surface area contributed by atoms with Gasteiger partial charge in [0.05, 0.1) is 0 Å². The molecule has 30 heavy (non-hydrogen) atoms. The summed E-state index contributed by atoms with van der Waals surface area (Å²) in [5.41, 5.74) is -0.0389. The van der Waals surface area contributed by atoms with Gasteiger partial charge in [0.2, 0.25) is 0 Å². The Hall–Kier alpha value is -3.30. The van der Waals surface area contributed by atoms with Crippen LogP contribution >= 0.6 is 0 Å². The van der Waals surface area contributed by atoms with Crippen molar-refractivity contribution >= 4 is 24.1 Å². The molecule has 0 aromatic heterocycles. The van der Waals surface area contributed by atoms with Crippen LogP contribution in [0.4, 0.5) is 9.59 Å². The molecule has 0 heterocycles. The first-order valence-corrected chi connectivity index (χ1v) is 9.40. The second-order valence-electron chi connectivity index (χ2n) is 7.56. The van der Waals surface area contributed by atoms with Crippen LogP contribution < -0.4 is 10.6 Å². The Morgan fingerprint density at radius 3 is 1.87 bits per heavy atom. The number of carboxylic acid groups (broad SMARTS) is 2. The fourth-order valence-corrected chi connectivity index (χ4v) is 2.40. The average Bonchev–Trinajstić information content (AvgIpc) is 2.63. The Balaban J connectivity index is 2.49. The molecule has 4 N–H and O–H groups in total. The van der Waals surface area contributed by atoms with Crippen LogP contribution in [0, 0.1) is 0 Å². The molecule has 0 aliphatic rings. The second kappa shape index (κ2) is 11.6. The molecule has 10 nitrogen and oxygen atoms in total. The Kier molecular flexibility index (Phi) is 9.60. The molecule has 0 radical (unpaired) electrons. The molecule has 2 atom stereocenters. The zero-order chi connectivity index (χ0) is 22.7. The van der Waals surface area contributed by atoms with Crippen molar-refractivity contribution in [2.75, 3.05) is 0 Å². The van der Waals surface area contributed by atoms with Crippen molar-refractivity contribution in [3.63, 3.8) is 0 Å². The van der Waals surface area contributed by atoms with Gasteiger partial charge in [0, 0.05) is 0 Å². The van der Waals surface area contributed by atoms with Gasteiger partial charge in [-0.25, -0.2) is 19.2 Å². The van der Waals surface area contributed by atoms with E-state index in [4.69, 9.17) is 9.47 Å². The highest BCUT2D eigenvalue weighted by Gasteiger charge is 2.26. The summed E-state index contributed by atoms with van der Waals surface area (Å²) in [6.45, 7) is 4.91. The van der Waals surface area contributed by atoms with Crippen LogP contribution in [0.5, 0.6) is 0 Å². The van der Waals surface area contributed by atoms with Gasteiger partial charge in [-0.2, -0.15) is 0 Å². The molecule has 0 aliphatic heterocycles. The third-order valence-electron chi connectivity index (χ3n) is 3.78. The molecule has 1 rings (SSSR count). The first-order valence-electron chi connectivity index (χ1n) is 9.40. The molecular formula is C20H28N2O8. The van der Waals surface area contributed by atoms with Crippen LogP contribution in [0.3, 0.4) is 0 Å². The summed E-state index contributed by atoms with van der Waals surface area (Å²) in [6.07, 6.45) is -1.75. The van der Waals surface area contributed by atoms with Crippen molar-refractivity contribution in [3.8, 4) is 0 Å². The summed E-state index contributed by atoms with van der Waals surface area (Å²) >= 11 is 0. The molecule has 0 unspecified atom stereocenters. The van der Waals surface area contributed by atoms with E-state index in [-0.39, 0.29) is 25.9 Å². The van der Waals surface area contributed by atoms with Crippen molar-refractivity contribution in [2.24, 2.45) is 0 Å². The minimum Gasteiger partial charge on any atom is -0.480 e. The molecule has 2 amide bonds. The fraction of sp³-hybridized carbons (Fsp3) is 0.500. The van der Waals surface area contributed by atoms with Gasteiger partial charge in [0.15, 0.2) is 0 Å². The predicted molar refractivity (Wildman–Crippen MR) is 106 cm³/mol. The van der Waals surface area contributed by atoms with Crippen LogP contribution in [0.2, 0.25) is 0 Å². The quantitative estimate of drug-likeness (QED) is 0.447. The lowest BCUT2D eigenvalue weighted by Crippen LogP contribution is -2.44. The molecule has 10 heteroatoms. The maximum absolute atomic E-state index is 11.9. The number of hydrogen-bond acceptors (Lipinski definition) is 6. The van der Waals surface area contributed by atoms with Gasteiger partial charge in [0.25, 0.3) is 0 Å². The highest BCUT2D eigenvalue weighted by atomic mass is 16.6. The van der Waals surface area contributed by atoms with E-state index in [1.165, 1.54) is 0 Å². The monoisotopic (exact) mass is 424 g/mol. The number of hydrogen-bond donors (Lipinski definition) is 4. The number of rotatable bonds is 10. The normalized spacial score (nSPS) is 12.9. The van der Waals surface area contributed by atoms with Crippen molar-refractivity contribution in [1.82, 2.24) is 10.6 Å². The van der Waals surface area contributed by atoms with Gasteiger partial charge in [0.1, 0.15) is 24.3 Å². The third kappa shape index (κ3) is 10.3. The Bertz CT molecular complexity index is 730. The topological polar surface area (TPSA) is 151 Å². The number of carboxylic acids is 2. The maximum Gasteiger partial charge on any atom is 0.408 e. The molecule has 0 spiro atoms. The minimum atomic E-state index is -1.28. The van der Waals surface area contributed by atoms with E-state index in [1.807, 2.05) is 6.07 Å². The average molecular weight is 424 g/mol. The van der Waals surface area contributed by atoms with Gasteiger partial charge in [-0.1, -0.05) is 30.3 Å². The zero-order valence-electron chi connectivity index (χ0n) is 17.2. The molecule has 0 saturated carbocycles. The number of ether oxygens (including phenoxy) is 2. The third-order valence-corrected chi connectivity index (χ3v) is 3.78. The summed E-state index contributed by atoms with van der Waals surface area (Å²) in [4.78, 5) is 46.3. The number of benzene rings is 1. The summed E-state index contributed by atoms with van der Waals surface area (Å²) in [7, 11) is 0. The number of alkyl carbamates (subject to hydrolysis) is 2. The summed E-state index contributed by atoms with van der Waals surface area (Å²) in [6, 6.07) is 6.37. The first kappa shape index (κ1) is 24.7. The molecule has 0 bridgehead atoms. The van der Waals surface area contributed by atoms with Crippen LogP contribution in [0.1, 0.15) is 45.6 Å². The molecule has 1 aromatic carbocycles. The van der Waals surface area contributed by atoms with E-state index in [9.17, 15) is 29.4 Å². The number of nitrogens with one attached hydrogen (secondary N) is 2. The smallest absolute Gasteiger partial charge is 0.408 e. The van der Waals surface area contributed by atoms with Crippen LogP contribution in [-0.4, -0.2) is 52.0 Å². The Labute approximate surface area is 174 Å². The van der Waals surface area contributed by atoms with Crippen LogP contribution in [0.25, 0.3) is 0 Å². The van der Waals surface area contributed by atoms with E-state index in [2.05, 4.69) is 10.6 Å². The largest absolute Gasteiger partial charge is 0.480 e. The Morgan fingerprint density at radius 2 is 1.40 bits per heavy atom. The lowest BCUT2D eigenvalue weighted by Gasteiger charge is -2.22. The number of aliphatic carboxylic acids is 2. The molecule has 1 aromatic rings. The Morgan fingerprint density at radius 1 is 0.900 bits per heavy atom. The zero-order valence-corrected chi connectivity index (χ0v) is 17.2. The van der Waals surface area contributed by atoms with Crippen LogP contribution in [0.15, 0.2) is 30.3 Å². The van der Waals surface area contributed by atoms with E-state index < -0.39 is 41.8 Å². The summed E-state index contributed by atoms with van der Waals surface area (Å²) in [5.74, 6) is -2.55. The maximum atomic E-state index is 11.9. The lowest BCUT2D eigenvalue weighted by atomic mass is 10.1. The van der Waals surface area contributed by atoms with Crippen molar-refractivity contribution in [3.05, 3.63) is 35.9 Å². The van der Waals surface area contributed by atoms with Crippen molar-refractivity contribution < 1.29 is 38.9 Å². The van der Waals surface area contributed by atoms with Crippen molar-refractivity contribution in [1.29, 1.82) is 0 Å². The highest BCUT2D eigenvalue weighted by molar-refractivity contribution is 5.80. The lowest BCUT2D eigenvalue weighted by molar-refractivity contribution is -0.139.